The molecule has 1 aromatic heterocycles. The van der Waals surface area contributed by atoms with E-state index in [1.165, 1.54) is 0 Å². The summed E-state index contributed by atoms with van der Waals surface area (Å²) in [6, 6.07) is 9.41. The van der Waals surface area contributed by atoms with Crippen LogP contribution in [0.5, 0.6) is 0 Å². The van der Waals surface area contributed by atoms with E-state index in [4.69, 9.17) is 4.74 Å². The van der Waals surface area contributed by atoms with Crippen LogP contribution in [0, 0.1) is 26.7 Å². The number of benzene rings is 1. The summed E-state index contributed by atoms with van der Waals surface area (Å²) in [5.74, 6) is -0.793. The second kappa shape index (κ2) is 9.94. The smallest absolute Gasteiger partial charge is 0.309 e. The number of aromatic nitrogens is 1. The third-order valence-corrected chi connectivity index (χ3v) is 6.16. The van der Waals surface area contributed by atoms with E-state index in [2.05, 4.69) is 11.5 Å². The first kappa shape index (κ1) is 22.8. The third kappa shape index (κ3) is 5.06. The van der Waals surface area contributed by atoms with Crippen LogP contribution in [0.3, 0.4) is 0 Å². The highest BCUT2D eigenvalue weighted by Crippen LogP contribution is 2.22. The fourth-order valence-corrected chi connectivity index (χ4v) is 4.28. The van der Waals surface area contributed by atoms with Crippen LogP contribution in [0.2, 0.25) is 0 Å². The summed E-state index contributed by atoms with van der Waals surface area (Å²) in [5.41, 5.74) is 4.24. The second-order valence-corrected chi connectivity index (χ2v) is 8.35. The predicted octanol–water partition coefficient (Wildman–Crippen LogP) is 4.10. The lowest BCUT2D eigenvalue weighted by Crippen LogP contribution is -2.41. The summed E-state index contributed by atoms with van der Waals surface area (Å²) in [6.45, 7) is 9.59. The molecule has 0 aliphatic carbocycles. The monoisotopic (exact) mass is 424 g/mol. The Morgan fingerprint density at radius 1 is 1.03 bits per heavy atom. The van der Waals surface area contributed by atoms with E-state index >= 15 is 0 Å². The number of likely N-dealkylation sites (tertiary alicyclic amines) is 1. The predicted molar refractivity (Wildman–Crippen MR) is 119 cm³/mol. The first-order valence-corrected chi connectivity index (χ1v) is 11.0. The molecular weight excluding hydrogens is 392 g/mol. The summed E-state index contributed by atoms with van der Waals surface area (Å²) in [7, 11) is 0. The molecule has 6 heteroatoms. The molecular formula is C25H32N2O4. The zero-order valence-electron chi connectivity index (χ0n) is 18.9. The zero-order chi connectivity index (χ0) is 22.5. The van der Waals surface area contributed by atoms with E-state index in [0.717, 1.165) is 29.9 Å². The van der Waals surface area contributed by atoms with Gasteiger partial charge in [-0.2, -0.15) is 0 Å². The molecule has 1 aliphatic heterocycles. The topological polar surface area (TPSA) is 68.6 Å². The number of Topliss-reactive ketones (excluding diaryl/α,β-unsaturated/α-hetero) is 1. The highest BCUT2D eigenvalue weighted by Gasteiger charge is 2.30. The van der Waals surface area contributed by atoms with Crippen LogP contribution in [-0.4, -0.2) is 46.8 Å². The highest BCUT2D eigenvalue weighted by molar-refractivity contribution is 5.99. The lowest BCUT2D eigenvalue weighted by molar-refractivity contribution is -0.148. The number of nitrogens with zero attached hydrogens (tertiary/aromatic N) is 2. The SMILES string of the molecule is CCCn1c(C)cc(C(=O)COC(=O)C2CCN(C(=O)c3ccccc3C)CC2)c1C. The number of carbonyl (C=O) groups excluding carboxylic acids is 3. The highest BCUT2D eigenvalue weighted by atomic mass is 16.5. The van der Waals surface area contributed by atoms with Crippen LogP contribution >= 0.6 is 0 Å². The van der Waals surface area contributed by atoms with Gasteiger partial charge < -0.3 is 14.2 Å². The Morgan fingerprint density at radius 3 is 2.35 bits per heavy atom. The van der Waals surface area contributed by atoms with Crippen molar-refractivity contribution in [1.82, 2.24) is 9.47 Å². The van der Waals surface area contributed by atoms with Gasteiger partial charge in [0.25, 0.3) is 5.91 Å². The van der Waals surface area contributed by atoms with Crippen LogP contribution in [0.4, 0.5) is 0 Å². The Balaban J connectivity index is 1.51. The molecule has 0 spiro atoms. The average Bonchev–Trinajstić information content (AvgIpc) is 3.06. The van der Waals surface area contributed by atoms with Gasteiger partial charge in [-0.15, -0.1) is 0 Å². The lowest BCUT2D eigenvalue weighted by atomic mass is 9.96. The van der Waals surface area contributed by atoms with Gasteiger partial charge >= 0.3 is 5.97 Å². The fourth-order valence-electron chi connectivity index (χ4n) is 4.28. The zero-order valence-corrected chi connectivity index (χ0v) is 18.9. The number of ether oxygens (including phenoxy) is 1. The van der Waals surface area contributed by atoms with Crippen molar-refractivity contribution in [3.05, 3.63) is 58.4 Å². The van der Waals surface area contributed by atoms with Crippen molar-refractivity contribution < 1.29 is 19.1 Å². The van der Waals surface area contributed by atoms with Gasteiger partial charge in [0.05, 0.1) is 5.92 Å². The Morgan fingerprint density at radius 2 is 1.71 bits per heavy atom. The van der Waals surface area contributed by atoms with Gasteiger partial charge in [0.1, 0.15) is 0 Å². The van der Waals surface area contributed by atoms with Crippen molar-refractivity contribution in [3.8, 4) is 0 Å². The Bertz CT molecular complexity index is 968. The Hall–Kier alpha value is -2.89. The summed E-state index contributed by atoms with van der Waals surface area (Å²) in [5, 5.41) is 0. The van der Waals surface area contributed by atoms with Gasteiger partial charge in [0.15, 0.2) is 6.61 Å². The van der Waals surface area contributed by atoms with E-state index in [9.17, 15) is 14.4 Å². The van der Waals surface area contributed by atoms with Gasteiger partial charge in [-0.05, 0) is 57.7 Å². The van der Waals surface area contributed by atoms with Crippen LogP contribution in [0.1, 0.15) is 63.9 Å². The van der Waals surface area contributed by atoms with Crippen LogP contribution in [-0.2, 0) is 16.1 Å². The maximum absolute atomic E-state index is 12.7. The van der Waals surface area contributed by atoms with Crippen LogP contribution in [0.25, 0.3) is 0 Å². The minimum Gasteiger partial charge on any atom is -0.457 e. The normalized spacial score (nSPS) is 14.5. The molecule has 2 aromatic rings. The number of aryl methyl sites for hydroxylation is 2. The largest absolute Gasteiger partial charge is 0.457 e. The van der Waals surface area contributed by atoms with E-state index in [1.54, 1.807) is 4.90 Å². The maximum Gasteiger partial charge on any atom is 0.309 e. The number of rotatable bonds is 7. The van der Waals surface area contributed by atoms with Gasteiger partial charge in [0, 0.05) is 42.1 Å². The molecule has 31 heavy (non-hydrogen) atoms. The molecule has 0 saturated carbocycles. The summed E-state index contributed by atoms with van der Waals surface area (Å²) in [4.78, 5) is 39.7. The Kier molecular flexibility index (Phi) is 7.31. The molecule has 2 heterocycles. The molecule has 6 nitrogen and oxygen atoms in total. The summed E-state index contributed by atoms with van der Waals surface area (Å²) in [6.07, 6.45) is 2.09. The van der Waals surface area contributed by atoms with E-state index in [-0.39, 0.29) is 30.2 Å². The first-order valence-electron chi connectivity index (χ1n) is 11.0. The first-order chi connectivity index (χ1) is 14.8. The number of hydrogen-bond acceptors (Lipinski definition) is 4. The number of hydrogen-bond donors (Lipinski definition) is 0. The van der Waals surface area contributed by atoms with Crippen molar-refractivity contribution in [2.45, 2.75) is 53.5 Å². The van der Waals surface area contributed by atoms with Crippen molar-refractivity contribution >= 4 is 17.7 Å². The molecule has 166 valence electrons. The minimum absolute atomic E-state index is 0.00234. The van der Waals surface area contributed by atoms with Crippen LogP contribution in [0.15, 0.2) is 30.3 Å². The standard InChI is InChI=1S/C25H32N2O4/c1-5-12-27-18(3)15-22(19(27)4)23(28)16-31-25(30)20-10-13-26(14-11-20)24(29)21-9-7-6-8-17(21)2/h6-9,15,20H,5,10-14,16H2,1-4H3. The molecule has 1 aromatic carbocycles. The van der Waals surface area contributed by atoms with Crippen molar-refractivity contribution in [3.63, 3.8) is 0 Å². The van der Waals surface area contributed by atoms with Crippen molar-refractivity contribution in [1.29, 1.82) is 0 Å². The molecule has 3 rings (SSSR count). The molecule has 0 N–H and O–H groups in total. The fraction of sp³-hybridized carbons (Fsp3) is 0.480. The van der Waals surface area contributed by atoms with Gasteiger partial charge in [-0.3, -0.25) is 14.4 Å². The number of piperidine rings is 1. The van der Waals surface area contributed by atoms with E-state index < -0.39 is 0 Å². The van der Waals surface area contributed by atoms with Crippen molar-refractivity contribution in [2.24, 2.45) is 5.92 Å². The third-order valence-electron chi connectivity index (χ3n) is 6.16. The van der Waals surface area contributed by atoms with E-state index in [0.29, 0.717) is 37.1 Å². The molecule has 0 atom stereocenters. The van der Waals surface area contributed by atoms with Gasteiger partial charge in [-0.1, -0.05) is 25.1 Å². The number of ketones is 1. The van der Waals surface area contributed by atoms with Gasteiger partial charge in [-0.25, -0.2) is 0 Å². The van der Waals surface area contributed by atoms with Gasteiger partial charge in [0.2, 0.25) is 5.78 Å². The molecule has 1 amide bonds. The number of esters is 1. The lowest BCUT2D eigenvalue weighted by Gasteiger charge is -2.31. The Labute approximate surface area is 184 Å². The summed E-state index contributed by atoms with van der Waals surface area (Å²) < 4.78 is 7.48. The maximum atomic E-state index is 12.7. The second-order valence-electron chi connectivity index (χ2n) is 8.35. The number of carbonyl (C=O) groups is 3. The molecule has 1 fully saturated rings. The minimum atomic E-state index is -0.348. The average molecular weight is 425 g/mol. The number of amides is 1. The summed E-state index contributed by atoms with van der Waals surface area (Å²) >= 11 is 0. The molecule has 0 radical (unpaired) electrons. The molecule has 1 saturated heterocycles. The molecule has 0 unspecified atom stereocenters. The quantitative estimate of drug-likeness (QED) is 0.496. The van der Waals surface area contributed by atoms with Crippen molar-refractivity contribution in [2.75, 3.05) is 19.7 Å². The van der Waals surface area contributed by atoms with E-state index in [1.807, 2.05) is 51.1 Å². The molecule has 1 aliphatic rings. The van der Waals surface area contributed by atoms with Crippen LogP contribution < -0.4 is 0 Å². The molecule has 0 bridgehead atoms.